The van der Waals surface area contributed by atoms with Gasteiger partial charge in [-0.3, -0.25) is 4.79 Å². The molecule has 1 aliphatic rings. The number of amides is 1. The smallest absolute Gasteiger partial charge is 0.258 e. The Morgan fingerprint density at radius 1 is 1.17 bits per heavy atom. The van der Waals surface area contributed by atoms with E-state index in [4.69, 9.17) is 11.6 Å². The average Bonchev–Trinajstić information content (AvgIpc) is 3.07. The molecule has 0 saturated carbocycles. The third-order valence-electron chi connectivity index (χ3n) is 4.18. The number of hydrogen-bond donors (Lipinski definition) is 0. The number of rotatable bonds is 4. The summed E-state index contributed by atoms with van der Waals surface area (Å²) in [5.74, 6) is -0.248. The van der Waals surface area contributed by atoms with Crippen molar-refractivity contribution in [3.63, 3.8) is 0 Å². The largest absolute Gasteiger partial charge is 0.378 e. The number of anilines is 1. The van der Waals surface area contributed by atoms with Crippen molar-refractivity contribution in [3.05, 3.63) is 65.7 Å². The van der Waals surface area contributed by atoms with Gasteiger partial charge in [0.05, 0.1) is 11.8 Å². The molecule has 24 heavy (non-hydrogen) atoms. The highest BCUT2D eigenvalue weighted by atomic mass is 35.5. The fourth-order valence-electron chi connectivity index (χ4n) is 2.86. The van der Waals surface area contributed by atoms with E-state index in [0.29, 0.717) is 6.42 Å². The number of carbonyl (C=O) groups excluding carboxylic acids is 1. The Hall–Kier alpha value is -2.33. The van der Waals surface area contributed by atoms with Crippen molar-refractivity contribution in [2.45, 2.75) is 12.5 Å². The lowest BCUT2D eigenvalue weighted by atomic mass is 9.98. The summed E-state index contributed by atoms with van der Waals surface area (Å²) in [6, 6.07) is 18.1. The van der Waals surface area contributed by atoms with Gasteiger partial charge in [0, 0.05) is 26.2 Å². The number of nitrogens with zero attached hydrogens (tertiary/aromatic N) is 3. The SMILES string of the molecule is CN(C)c1ccc(C2CC(c3ccccc3)=NN2C(=O)CCl)cc1. The monoisotopic (exact) mass is 341 g/mol. The molecule has 1 aliphatic heterocycles. The fourth-order valence-corrected chi connectivity index (χ4v) is 2.98. The maximum atomic E-state index is 12.2. The van der Waals surface area contributed by atoms with Crippen LogP contribution in [0.25, 0.3) is 0 Å². The molecule has 0 aliphatic carbocycles. The molecule has 4 nitrogen and oxygen atoms in total. The van der Waals surface area contributed by atoms with Gasteiger partial charge in [-0.2, -0.15) is 5.10 Å². The summed E-state index contributed by atoms with van der Waals surface area (Å²) in [5, 5.41) is 6.08. The number of hydrogen-bond acceptors (Lipinski definition) is 3. The summed E-state index contributed by atoms with van der Waals surface area (Å²) in [6.07, 6.45) is 0.688. The van der Waals surface area contributed by atoms with E-state index in [1.54, 1.807) is 0 Å². The zero-order valence-electron chi connectivity index (χ0n) is 13.8. The molecule has 2 aromatic carbocycles. The molecule has 1 unspecified atom stereocenters. The van der Waals surface area contributed by atoms with Gasteiger partial charge >= 0.3 is 0 Å². The zero-order valence-corrected chi connectivity index (χ0v) is 14.6. The highest BCUT2D eigenvalue weighted by Gasteiger charge is 2.32. The Morgan fingerprint density at radius 2 is 1.83 bits per heavy atom. The van der Waals surface area contributed by atoms with Crippen LogP contribution in [0.5, 0.6) is 0 Å². The van der Waals surface area contributed by atoms with Gasteiger partial charge < -0.3 is 4.90 Å². The minimum atomic E-state index is -0.177. The Morgan fingerprint density at radius 3 is 2.42 bits per heavy atom. The highest BCUT2D eigenvalue weighted by Crippen LogP contribution is 2.33. The molecule has 124 valence electrons. The first-order valence-corrected chi connectivity index (χ1v) is 8.42. The van der Waals surface area contributed by atoms with Crippen LogP contribution in [-0.4, -0.2) is 36.6 Å². The number of halogens is 1. The van der Waals surface area contributed by atoms with Crippen LogP contribution in [0.2, 0.25) is 0 Å². The molecular formula is C19H20ClN3O. The summed E-state index contributed by atoms with van der Waals surface area (Å²) < 4.78 is 0. The van der Waals surface area contributed by atoms with E-state index in [-0.39, 0.29) is 17.8 Å². The Balaban J connectivity index is 1.91. The van der Waals surface area contributed by atoms with Crippen molar-refractivity contribution in [2.24, 2.45) is 5.10 Å². The van der Waals surface area contributed by atoms with Crippen LogP contribution < -0.4 is 4.90 Å². The van der Waals surface area contributed by atoms with E-state index in [9.17, 15) is 4.79 Å². The molecule has 0 radical (unpaired) electrons. The predicted molar refractivity (Wildman–Crippen MR) is 98.7 cm³/mol. The normalized spacial score (nSPS) is 16.9. The van der Waals surface area contributed by atoms with Crippen molar-refractivity contribution in [3.8, 4) is 0 Å². The second-order valence-corrected chi connectivity index (χ2v) is 6.26. The van der Waals surface area contributed by atoms with Crippen LogP contribution in [0.15, 0.2) is 59.7 Å². The lowest BCUT2D eigenvalue weighted by molar-refractivity contribution is -0.130. The van der Waals surface area contributed by atoms with Crippen molar-refractivity contribution in [1.82, 2.24) is 5.01 Å². The van der Waals surface area contributed by atoms with E-state index in [1.165, 1.54) is 5.01 Å². The number of hydrazone groups is 1. The Bertz CT molecular complexity index is 741. The van der Waals surface area contributed by atoms with E-state index in [0.717, 1.165) is 22.5 Å². The number of benzene rings is 2. The molecule has 1 amide bonds. The van der Waals surface area contributed by atoms with Crippen LogP contribution >= 0.6 is 11.6 Å². The molecule has 1 heterocycles. The first-order chi connectivity index (χ1) is 11.6. The Labute approximate surface area is 147 Å². The van der Waals surface area contributed by atoms with Crippen molar-refractivity contribution >= 4 is 28.9 Å². The summed E-state index contributed by atoms with van der Waals surface area (Å²) >= 11 is 5.78. The molecule has 0 bridgehead atoms. The quantitative estimate of drug-likeness (QED) is 0.795. The summed E-state index contributed by atoms with van der Waals surface area (Å²) in [5.41, 5.74) is 4.14. The lowest BCUT2D eigenvalue weighted by Gasteiger charge is -2.22. The van der Waals surface area contributed by atoms with Crippen LogP contribution in [0, 0.1) is 0 Å². The molecule has 0 saturated heterocycles. The zero-order chi connectivity index (χ0) is 17.1. The first-order valence-electron chi connectivity index (χ1n) is 7.88. The minimum absolute atomic E-state index is 0.0716. The second kappa shape index (κ2) is 7.05. The van der Waals surface area contributed by atoms with Gasteiger partial charge in [-0.05, 0) is 23.3 Å². The molecule has 2 aromatic rings. The minimum Gasteiger partial charge on any atom is -0.378 e. The third-order valence-corrected chi connectivity index (χ3v) is 4.41. The first kappa shape index (κ1) is 16.5. The van der Waals surface area contributed by atoms with Gasteiger partial charge in [0.15, 0.2) is 0 Å². The fraction of sp³-hybridized carbons (Fsp3) is 0.263. The molecule has 0 N–H and O–H groups in total. The van der Waals surface area contributed by atoms with E-state index >= 15 is 0 Å². The number of alkyl halides is 1. The highest BCUT2D eigenvalue weighted by molar-refractivity contribution is 6.27. The maximum Gasteiger partial charge on any atom is 0.258 e. The van der Waals surface area contributed by atoms with Crippen LogP contribution in [0.4, 0.5) is 5.69 Å². The molecule has 5 heteroatoms. The van der Waals surface area contributed by atoms with Gasteiger partial charge in [-0.1, -0.05) is 42.5 Å². The van der Waals surface area contributed by atoms with E-state index in [2.05, 4.69) is 29.4 Å². The Kier molecular flexibility index (Phi) is 4.86. The molecule has 0 aromatic heterocycles. The average molecular weight is 342 g/mol. The summed E-state index contributed by atoms with van der Waals surface area (Å²) in [7, 11) is 4.01. The topological polar surface area (TPSA) is 35.9 Å². The van der Waals surface area contributed by atoms with Crippen LogP contribution in [0.1, 0.15) is 23.6 Å². The molecular weight excluding hydrogens is 322 g/mol. The van der Waals surface area contributed by atoms with Gasteiger partial charge in [0.1, 0.15) is 5.88 Å². The van der Waals surface area contributed by atoms with E-state index < -0.39 is 0 Å². The number of carbonyl (C=O) groups is 1. The second-order valence-electron chi connectivity index (χ2n) is 5.99. The standard InChI is InChI=1S/C19H20ClN3O/c1-22(2)16-10-8-15(9-11-16)18-12-17(14-6-4-3-5-7-14)21-23(18)19(24)13-20/h3-11,18H,12-13H2,1-2H3. The molecule has 1 atom stereocenters. The van der Waals surface area contributed by atoms with Gasteiger partial charge in [-0.15, -0.1) is 11.6 Å². The third kappa shape index (κ3) is 3.29. The van der Waals surface area contributed by atoms with Crippen molar-refractivity contribution in [1.29, 1.82) is 0 Å². The van der Waals surface area contributed by atoms with Crippen molar-refractivity contribution in [2.75, 3.05) is 24.9 Å². The van der Waals surface area contributed by atoms with Crippen LogP contribution in [-0.2, 0) is 4.79 Å². The van der Waals surface area contributed by atoms with Crippen LogP contribution in [0.3, 0.4) is 0 Å². The summed E-state index contributed by atoms with van der Waals surface area (Å²) in [4.78, 5) is 14.3. The molecule has 3 rings (SSSR count). The van der Waals surface area contributed by atoms with Gasteiger partial charge in [-0.25, -0.2) is 5.01 Å². The summed E-state index contributed by atoms with van der Waals surface area (Å²) in [6.45, 7) is 0. The van der Waals surface area contributed by atoms with Crippen molar-refractivity contribution < 1.29 is 4.79 Å². The predicted octanol–water partition coefficient (Wildman–Crippen LogP) is 3.67. The lowest BCUT2D eigenvalue weighted by Crippen LogP contribution is -2.28. The van der Waals surface area contributed by atoms with Gasteiger partial charge in [0.2, 0.25) is 0 Å². The maximum absolute atomic E-state index is 12.2. The molecule has 0 fully saturated rings. The molecule has 0 spiro atoms. The van der Waals surface area contributed by atoms with E-state index in [1.807, 2.05) is 49.3 Å². The van der Waals surface area contributed by atoms with Gasteiger partial charge in [0.25, 0.3) is 5.91 Å².